The van der Waals surface area contributed by atoms with Gasteiger partial charge in [0.25, 0.3) is 0 Å². The number of carbonyl (C=O) groups excluding carboxylic acids is 2. The Labute approximate surface area is 125 Å². The van der Waals surface area contributed by atoms with Crippen molar-refractivity contribution in [2.75, 3.05) is 10.6 Å². The van der Waals surface area contributed by atoms with Gasteiger partial charge in [-0.15, -0.1) is 0 Å². The van der Waals surface area contributed by atoms with Crippen molar-refractivity contribution in [3.8, 4) is 0 Å². The van der Waals surface area contributed by atoms with E-state index in [1.165, 1.54) is 0 Å². The molecule has 2 amide bonds. The van der Waals surface area contributed by atoms with E-state index in [1.54, 1.807) is 36.4 Å². The molecule has 4 nitrogen and oxygen atoms in total. The molecule has 0 heterocycles. The highest BCUT2D eigenvalue weighted by Gasteiger charge is 2.14. The van der Waals surface area contributed by atoms with Crippen LogP contribution in [-0.2, 0) is 9.59 Å². The fraction of sp³-hybridized carbons (Fsp3) is 0.0667. The lowest BCUT2D eigenvalue weighted by molar-refractivity contribution is -0.132. The van der Waals surface area contributed by atoms with Crippen LogP contribution in [0.1, 0.15) is 5.56 Å². The molecule has 0 aliphatic heterocycles. The lowest BCUT2D eigenvalue weighted by Crippen LogP contribution is -2.29. The molecule has 5 heteroatoms. The Hall–Kier alpha value is -2.14. The minimum atomic E-state index is -0.704. The molecule has 2 aromatic carbocycles. The number of para-hydroxylation sites is 1. The normalized spacial score (nSPS) is 9.90. The van der Waals surface area contributed by atoms with Gasteiger partial charge in [0.1, 0.15) is 0 Å². The van der Waals surface area contributed by atoms with Crippen LogP contribution in [0, 0.1) is 6.92 Å². The number of aryl methyl sites for hydroxylation is 1. The van der Waals surface area contributed by atoms with Crippen LogP contribution in [0.25, 0.3) is 0 Å². The molecule has 0 fully saturated rings. The molecule has 0 aromatic heterocycles. The van der Waals surface area contributed by atoms with Crippen molar-refractivity contribution in [2.24, 2.45) is 0 Å². The molecule has 0 spiro atoms. The first-order valence-electron chi connectivity index (χ1n) is 6.00. The van der Waals surface area contributed by atoms with Gasteiger partial charge in [-0.1, -0.05) is 40.2 Å². The zero-order chi connectivity index (χ0) is 14.5. The molecular weight excluding hydrogens is 320 g/mol. The van der Waals surface area contributed by atoms with Gasteiger partial charge < -0.3 is 10.6 Å². The second-order valence-corrected chi connectivity index (χ2v) is 5.09. The van der Waals surface area contributed by atoms with E-state index < -0.39 is 11.8 Å². The number of anilines is 2. The Morgan fingerprint density at radius 3 is 2.10 bits per heavy atom. The van der Waals surface area contributed by atoms with Crippen LogP contribution in [0.3, 0.4) is 0 Å². The molecule has 2 rings (SSSR count). The zero-order valence-corrected chi connectivity index (χ0v) is 12.4. The molecule has 0 aliphatic carbocycles. The standard InChI is InChI=1S/C15H13BrN2O2/c1-10-7-8-12(9-13(10)16)18-15(20)14(19)17-11-5-3-2-4-6-11/h2-9H,1H3,(H,17,19)(H,18,20). The van der Waals surface area contributed by atoms with Gasteiger partial charge in [-0.05, 0) is 36.8 Å². The van der Waals surface area contributed by atoms with Crippen LogP contribution >= 0.6 is 15.9 Å². The summed E-state index contributed by atoms with van der Waals surface area (Å²) in [5.41, 5.74) is 2.20. The first-order valence-corrected chi connectivity index (χ1v) is 6.79. The van der Waals surface area contributed by atoms with E-state index >= 15 is 0 Å². The summed E-state index contributed by atoms with van der Waals surface area (Å²) in [7, 11) is 0. The van der Waals surface area contributed by atoms with Crippen LogP contribution < -0.4 is 10.6 Å². The Morgan fingerprint density at radius 2 is 1.50 bits per heavy atom. The molecule has 0 saturated heterocycles. The van der Waals surface area contributed by atoms with Crippen molar-refractivity contribution < 1.29 is 9.59 Å². The minimum Gasteiger partial charge on any atom is -0.318 e. The van der Waals surface area contributed by atoms with Gasteiger partial charge in [-0.25, -0.2) is 0 Å². The summed E-state index contributed by atoms with van der Waals surface area (Å²) in [6.07, 6.45) is 0. The smallest absolute Gasteiger partial charge is 0.314 e. The Balaban J connectivity index is 2.01. The summed E-state index contributed by atoms with van der Waals surface area (Å²) in [4.78, 5) is 23.5. The second-order valence-electron chi connectivity index (χ2n) is 4.24. The Kier molecular flexibility index (Phi) is 4.53. The molecule has 0 atom stereocenters. The van der Waals surface area contributed by atoms with Crippen molar-refractivity contribution in [1.29, 1.82) is 0 Å². The summed E-state index contributed by atoms with van der Waals surface area (Å²) in [5, 5.41) is 5.07. The van der Waals surface area contributed by atoms with E-state index in [4.69, 9.17) is 0 Å². The molecule has 0 unspecified atom stereocenters. The first kappa shape index (κ1) is 14.3. The maximum absolute atomic E-state index is 11.8. The molecule has 0 saturated carbocycles. The van der Waals surface area contributed by atoms with Crippen molar-refractivity contribution in [3.63, 3.8) is 0 Å². The van der Waals surface area contributed by atoms with E-state index in [0.717, 1.165) is 10.0 Å². The van der Waals surface area contributed by atoms with Crippen molar-refractivity contribution >= 4 is 39.1 Å². The number of rotatable bonds is 2. The fourth-order valence-corrected chi connectivity index (χ4v) is 1.95. The topological polar surface area (TPSA) is 58.2 Å². The van der Waals surface area contributed by atoms with Gasteiger partial charge in [0.05, 0.1) is 0 Å². The van der Waals surface area contributed by atoms with Gasteiger partial charge in [-0.2, -0.15) is 0 Å². The summed E-state index contributed by atoms with van der Waals surface area (Å²) in [5.74, 6) is -1.41. The van der Waals surface area contributed by atoms with Gasteiger partial charge in [0.15, 0.2) is 0 Å². The third kappa shape index (κ3) is 3.68. The molecule has 0 aliphatic rings. The van der Waals surface area contributed by atoms with E-state index in [-0.39, 0.29) is 0 Å². The second kappa shape index (κ2) is 6.34. The highest BCUT2D eigenvalue weighted by atomic mass is 79.9. The average Bonchev–Trinajstić information content (AvgIpc) is 2.44. The maximum atomic E-state index is 11.8. The summed E-state index contributed by atoms with van der Waals surface area (Å²) < 4.78 is 0.874. The SMILES string of the molecule is Cc1ccc(NC(=O)C(=O)Nc2ccccc2)cc1Br. The van der Waals surface area contributed by atoms with Crippen molar-refractivity contribution in [2.45, 2.75) is 6.92 Å². The molecule has 0 bridgehead atoms. The lowest BCUT2D eigenvalue weighted by Gasteiger charge is -2.07. The van der Waals surface area contributed by atoms with E-state index in [9.17, 15) is 9.59 Å². The lowest BCUT2D eigenvalue weighted by atomic mass is 10.2. The third-order valence-electron chi connectivity index (χ3n) is 2.67. The number of hydrogen-bond donors (Lipinski definition) is 2. The van der Waals surface area contributed by atoms with Gasteiger partial charge >= 0.3 is 11.8 Å². The van der Waals surface area contributed by atoms with Crippen LogP contribution in [0.4, 0.5) is 11.4 Å². The molecular formula is C15H13BrN2O2. The number of hydrogen-bond acceptors (Lipinski definition) is 2. The summed E-state index contributed by atoms with van der Waals surface area (Å²) in [6.45, 7) is 1.94. The number of carbonyl (C=O) groups is 2. The molecule has 20 heavy (non-hydrogen) atoms. The van der Waals surface area contributed by atoms with E-state index in [2.05, 4.69) is 26.6 Å². The van der Waals surface area contributed by atoms with Gasteiger partial charge in [0.2, 0.25) is 0 Å². The monoisotopic (exact) mass is 332 g/mol. The minimum absolute atomic E-state index is 0.565. The van der Waals surface area contributed by atoms with Gasteiger partial charge in [0, 0.05) is 15.8 Å². The highest BCUT2D eigenvalue weighted by molar-refractivity contribution is 9.10. The number of nitrogens with one attached hydrogen (secondary N) is 2. The first-order chi connectivity index (χ1) is 9.56. The van der Waals surface area contributed by atoms with Crippen molar-refractivity contribution in [3.05, 3.63) is 58.6 Å². The number of halogens is 1. The van der Waals surface area contributed by atoms with Crippen LogP contribution in [0.15, 0.2) is 53.0 Å². The number of amides is 2. The molecule has 2 N–H and O–H groups in total. The van der Waals surface area contributed by atoms with Crippen LogP contribution in [-0.4, -0.2) is 11.8 Å². The summed E-state index contributed by atoms with van der Waals surface area (Å²) in [6, 6.07) is 14.2. The summed E-state index contributed by atoms with van der Waals surface area (Å²) >= 11 is 3.37. The molecule has 102 valence electrons. The van der Waals surface area contributed by atoms with Crippen molar-refractivity contribution in [1.82, 2.24) is 0 Å². The van der Waals surface area contributed by atoms with Crippen LogP contribution in [0.5, 0.6) is 0 Å². The molecule has 2 aromatic rings. The van der Waals surface area contributed by atoms with E-state index in [0.29, 0.717) is 11.4 Å². The predicted molar refractivity (Wildman–Crippen MR) is 82.6 cm³/mol. The number of benzene rings is 2. The third-order valence-corrected chi connectivity index (χ3v) is 3.52. The maximum Gasteiger partial charge on any atom is 0.314 e. The zero-order valence-electron chi connectivity index (χ0n) is 10.8. The largest absolute Gasteiger partial charge is 0.318 e. The highest BCUT2D eigenvalue weighted by Crippen LogP contribution is 2.20. The van der Waals surface area contributed by atoms with Gasteiger partial charge in [-0.3, -0.25) is 9.59 Å². The Bertz CT molecular complexity index is 642. The van der Waals surface area contributed by atoms with Crippen LogP contribution in [0.2, 0.25) is 0 Å². The molecule has 0 radical (unpaired) electrons. The predicted octanol–water partition coefficient (Wildman–Crippen LogP) is 3.33. The Morgan fingerprint density at radius 1 is 0.900 bits per heavy atom. The van der Waals surface area contributed by atoms with E-state index in [1.807, 2.05) is 19.1 Å². The fourth-order valence-electron chi connectivity index (χ4n) is 1.57. The average molecular weight is 333 g/mol. The quantitative estimate of drug-likeness (QED) is 0.828.